The maximum Gasteiger partial charge on any atom is 0.155 e. The summed E-state index contributed by atoms with van der Waals surface area (Å²) in [6, 6.07) is 0. The smallest absolute Gasteiger partial charge is 0.155 e. The molecule has 1 heterocycles. The highest BCUT2D eigenvalue weighted by Crippen LogP contribution is 2.11. The molecule has 0 amide bonds. The minimum atomic E-state index is -2.81. The second kappa shape index (κ2) is 2.51. The first-order valence-corrected chi connectivity index (χ1v) is 5.17. The average molecular weight is 164 g/mol. The van der Waals surface area contributed by atoms with Crippen molar-refractivity contribution < 1.29 is 13.2 Å². The lowest BCUT2D eigenvalue weighted by Crippen LogP contribution is -2.37. The van der Waals surface area contributed by atoms with Gasteiger partial charge in [-0.15, -0.1) is 0 Å². The van der Waals surface area contributed by atoms with Crippen LogP contribution in [0.5, 0.6) is 0 Å². The van der Waals surface area contributed by atoms with Crippen molar-refractivity contribution in [2.75, 3.05) is 11.5 Å². The Morgan fingerprint density at radius 2 is 1.60 bits per heavy atom. The van der Waals surface area contributed by atoms with Gasteiger partial charge in [0.1, 0.15) is 0 Å². The highest BCUT2D eigenvalue weighted by Gasteiger charge is 2.26. The van der Waals surface area contributed by atoms with Gasteiger partial charge in [-0.3, -0.25) is 0 Å². The number of rotatable bonds is 0. The third-order valence-electron chi connectivity index (χ3n) is 1.44. The maximum absolute atomic E-state index is 11.0. The van der Waals surface area contributed by atoms with Crippen LogP contribution in [0, 0.1) is 0 Å². The molecule has 1 saturated heterocycles. The molecule has 0 saturated carbocycles. The van der Waals surface area contributed by atoms with Crippen molar-refractivity contribution in [3.8, 4) is 0 Å². The fourth-order valence-corrected chi connectivity index (χ4v) is 2.98. The van der Waals surface area contributed by atoms with Crippen molar-refractivity contribution in [1.29, 1.82) is 0 Å². The molecule has 0 aromatic carbocycles. The zero-order valence-electron chi connectivity index (χ0n) is 6.20. The Hall–Kier alpha value is -0.0900. The lowest BCUT2D eigenvalue weighted by Gasteiger charge is -2.24. The van der Waals surface area contributed by atoms with Crippen LogP contribution in [0.25, 0.3) is 0 Å². The van der Waals surface area contributed by atoms with Gasteiger partial charge >= 0.3 is 0 Å². The van der Waals surface area contributed by atoms with Crippen LogP contribution in [0.15, 0.2) is 0 Å². The minimum absolute atomic E-state index is 0.131. The van der Waals surface area contributed by atoms with Gasteiger partial charge in [-0.1, -0.05) is 0 Å². The zero-order chi connectivity index (χ0) is 7.78. The minimum Gasteiger partial charge on any atom is -0.373 e. The summed E-state index contributed by atoms with van der Waals surface area (Å²) < 4.78 is 27.2. The standard InChI is InChI=1S/C6H12O3S/c1-5-3-10(7,8)4-6(2)9-5/h5-6H,3-4H2,1-2H3/t5-,6-/m0/s1. The number of hydrogen-bond donors (Lipinski definition) is 0. The van der Waals surface area contributed by atoms with Crippen LogP contribution in [-0.2, 0) is 14.6 Å². The summed E-state index contributed by atoms with van der Waals surface area (Å²) in [7, 11) is -2.81. The molecule has 0 aliphatic carbocycles. The third-order valence-corrected chi connectivity index (χ3v) is 3.40. The molecule has 0 unspecified atom stereocenters. The van der Waals surface area contributed by atoms with E-state index in [0.29, 0.717) is 0 Å². The molecule has 0 aromatic heterocycles. The normalized spacial score (nSPS) is 39.4. The molecule has 60 valence electrons. The molecular formula is C6H12O3S. The Morgan fingerprint density at radius 3 is 1.90 bits per heavy atom. The van der Waals surface area contributed by atoms with Crippen LogP contribution in [0.4, 0.5) is 0 Å². The Bertz CT molecular complexity index is 191. The van der Waals surface area contributed by atoms with Gasteiger partial charge < -0.3 is 4.74 Å². The van der Waals surface area contributed by atoms with E-state index in [0.717, 1.165) is 0 Å². The highest BCUT2D eigenvalue weighted by molar-refractivity contribution is 7.91. The van der Waals surface area contributed by atoms with Crippen molar-refractivity contribution in [2.24, 2.45) is 0 Å². The molecule has 3 nitrogen and oxygen atoms in total. The molecule has 1 aliphatic rings. The monoisotopic (exact) mass is 164 g/mol. The van der Waals surface area contributed by atoms with Crippen LogP contribution in [0.3, 0.4) is 0 Å². The lowest BCUT2D eigenvalue weighted by molar-refractivity contribution is 0.0256. The fourth-order valence-electron chi connectivity index (χ4n) is 1.26. The summed E-state index contributed by atoms with van der Waals surface area (Å²) >= 11 is 0. The third kappa shape index (κ3) is 1.95. The van der Waals surface area contributed by atoms with Gasteiger partial charge in [0, 0.05) is 0 Å². The molecule has 1 aliphatic heterocycles. The van der Waals surface area contributed by atoms with Gasteiger partial charge in [0.05, 0.1) is 23.7 Å². The van der Waals surface area contributed by atoms with Gasteiger partial charge in [-0.2, -0.15) is 0 Å². The first-order chi connectivity index (χ1) is 4.49. The number of hydrogen-bond acceptors (Lipinski definition) is 3. The molecule has 4 heteroatoms. The summed E-state index contributed by atoms with van der Waals surface area (Å²) in [6.45, 7) is 3.57. The Morgan fingerprint density at radius 1 is 1.20 bits per heavy atom. The Balaban J connectivity index is 2.69. The zero-order valence-corrected chi connectivity index (χ0v) is 7.02. The topological polar surface area (TPSA) is 43.4 Å². The van der Waals surface area contributed by atoms with E-state index in [1.54, 1.807) is 13.8 Å². The molecular weight excluding hydrogens is 152 g/mol. The average Bonchev–Trinajstić information content (AvgIpc) is 1.54. The molecule has 10 heavy (non-hydrogen) atoms. The van der Waals surface area contributed by atoms with E-state index in [9.17, 15) is 8.42 Å². The number of ether oxygens (including phenoxy) is 1. The van der Waals surface area contributed by atoms with Crippen molar-refractivity contribution in [2.45, 2.75) is 26.1 Å². The van der Waals surface area contributed by atoms with Gasteiger partial charge in [-0.25, -0.2) is 8.42 Å². The van der Waals surface area contributed by atoms with Gasteiger partial charge in [0.15, 0.2) is 9.84 Å². The highest BCUT2D eigenvalue weighted by atomic mass is 32.2. The van der Waals surface area contributed by atoms with Crippen LogP contribution >= 0.6 is 0 Å². The predicted octanol–water partition coefficient (Wildman–Crippen LogP) is 0.208. The van der Waals surface area contributed by atoms with Crippen molar-refractivity contribution in [3.63, 3.8) is 0 Å². The van der Waals surface area contributed by atoms with Crippen LogP contribution < -0.4 is 0 Å². The SMILES string of the molecule is C[C@H]1CS(=O)(=O)C[C@H](C)O1. The van der Waals surface area contributed by atoms with Gasteiger partial charge in [0.25, 0.3) is 0 Å². The fraction of sp³-hybridized carbons (Fsp3) is 1.00. The van der Waals surface area contributed by atoms with Crippen LogP contribution in [0.1, 0.15) is 13.8 Å². The molecule has 1 rings (SSSR count). The maximum atomic E-state index is 11.0. The summed E-state index contributed by atoms with van der Waals surface area (Å²) in [5.74, 6) is 0.356. The van der Waals surface area contributed by atoms with E-state index in [4.69, 9.17) is 4.74 Å². The van der Waals surface area contributed by atoms with Crippen LogP contribution in [0.2, 0.25) is 0 Å². The van der Waals surface area contributed by atoms with E-state index in [2.05, 4.69) is 0 Å². The van der Waals surface area contributed by atoms with E-state index >= 15 is 0 Å². The van der Waals surface area contributed by atoms with E-state index < -0.39 is 9.84 Å². The Kier molecular flexibility index (Phi) is 2.01. The lowest BCUT2D eigenvalue weighted by atomic mass is 10.4. The van der Waals surface area contributed by atoms with Crippen molar-refractivity contribution >= 4 is 9.84 Å². The molecule has 0 spiro atoms. The molecule has 0 aromatic rings. The molecule has 2 atom stereocenters. The number of sulfone groups is 1. The Labute approximate surface area is 61.3 Å². The molecule has 0 radical (unpaired) electrons. The summed E-state index contributed by atoms with van der Waals surface area (Å²) in [5.41, 5.74) is 0. The van der Waals surface area contributed by atoms with E-state index in [-0.39, 0.29) is 23.7 Å². The van der Waals surface area contributed by atoms with Crippen molar-refractivity contribution in [1.82, 2.24) is 0 Å². The molecule has 1 fully saturated rings. The molecule has 0 bridgehead atoms. The second-order valence-corrected chi connectivity index (χ2v) is 4.99. The summed E-state index contributed by atoms with van der Waals surface area (Å²) in [4.78, 5) is 0. The summed E-state index contributed by atoms with van der Waals surface area (Å²) in [5, 5.41) is 0. The quantitative estimate of drug-likeness (QED) is 0.514. The summed E-state index contributed by atoms with van der Waals surface area (Å²) in [6.07, 6.45) is -0.262. The van der Waals surface area contributed by atoms with Gasteiger partial charge in [-0.05, 0) is 13.8 Å². The van der Waals surface area contributed by atoms with Crippen LogP contribution in [-0.4, -0.2) is 32.1 Å². The first-order valence-electron chi connectivity index (χ1n) is 3.35. The van der Waals surface area contributed by atoms with E-state index in [1.807, 2.05) is 0 Å². The first kappa shape index (κ1) is 8.01. The predicted molar refractivity (Wildman–Crippen MR) is 38.7 cm³/mol. The van der Waals surface area contributed by atoms with E-state index in [1.165, 1.54) is 0 Å². The van der Waals surface area contributed by atoms with Gasteiger partial charge in [0.2, 0.25) is 0 Å². The molecule has 0 N–H and O–H groups in total. The van der Waals surface area contributed by atoms with Crippen molar-refractivity contribution in [3.05, 3.63) is 0 Å². The largest absolute Gasteiger partial charge is 0.373 e. The second-order valence-electron chi connectivity index (χ2n) is 2.83.